The van der Waals surface area contributed by atoms with Crippen LogP contribution >= 0.6 is 0 Å². The number of aliphatic hydroxyl groups excluding tert-OH is 2. The van der Waals surface area contributed by atoms with Crippen LogP contribution in [0.2, 0.25) is 0 Å². The van der Waals surface area contributed by atoms with Crippen LogP contribution in [0, 0.1) is 17.8 Å². The lowest BCUT2D eigenvalue weighted by atomic mass is 9.55. The summed E-state index contributed by atoms with van der Waals surface area (Å²) in [4.78, 5) is 34.6. The zero-order chi connectivity index (χ0) is 48.0. The summed E-state index contributed by atoms with van der Waals surface area (Å²) in [5.41, 5.74) is 4.94. The molecule has 5 aromatic carbocycles. The van der Waals surface area contributed by atoms with Crippen molar-refractivity contribution in [3.8, 4) is 17.2 Å². The van der Waals surface area contributed by atoms with E-state index in [2.05, 4.69) is 30.9 Å². The van der Waals surface area contributed by atoms with Gasteiger partial charge in [-0.1, -0.05) is 115 Å². The summed E-state index contributed by atoms with van der Waals surface area (Å²) in [5, 5.41) is 26.9. The second kappa shape index (κ2) is 23.8. The number of amides is 1. The summed E-state index contributed by atoms with van der Waals surface area (Å²) < 4.78 is 33.3. The van der Waals surface area contributed by atoms with Crippen LogP contribution in [0.25, 0.3) is 10.8 Å². The molecule has 2 aliphatic carbocycles. The van der Waals surface area contributed by atoms with Crippen molar-refractivity contribution in [2.24, 2.45) is 22.9 Å². The second-order valence-corrected chi connectivity index (χ2v) is 17.9. The van der Waals surface area contributed by atoms with Crippen molar-refractivity contribution in [3.05, 3.63) is 162 Å². The molecule has 1 fully saturated rings. The number of ether oxygens (including phenoxy) is 5. The molecule has 1 amide bonds. The number of unbranched alkanes of at least 4 members (excludes halogenated alkanes) is 2. The number of carbonyl (C=O) groups excluding carboxylic acids is 2. The third-order valence-electron chi connectivity index (χ3n) is 13.6. The number of oxime groups is 1. The second-order valence-electron chi connectivity index (χ2n) is 17.9. The number of hydrogen-bond acceptors (Lipinski definition) is 11. The van der Waals surface area contributed by atoms with Crippen LogP contribution < -0.4 is 9.47 Å². The first kappa shape index (κ1) is 49.1. The lowest BCUT2D eigenvalue weighted by Gasteiger charge is -2.59. The van der Waals surface area contributed by atoms with Gasteiger partial charge in [0.1, 0.15) is 42.8 Å². The Kier molecular flexibility index (Phi) is 17.0. The number of rotatable bonds is 24. The molecular weight excluding hydrogens is 873 g/mol. The van der Waals surface area contributed by atoms with Gasteiger partial charge >= 0.3 is 6.09 Å². The lowest BCUT2D eigenvalue weighted by Crippen LogP contribution is -2.70. The zero-order valence-electron chi connectivity index (χ0n) is 39.5. The minimum atomic E-state index is -1.51. The van der Waals surface area contributed by atoms with E-state index < -0.39 is 23.8 Å². The molecule has 8 rings (SSSR count). The van der Waals surface area contributed by atoms with Gasteiger partial charge in [0.2, 0.25) is 5.79 Å². The molecule has 3 aliphatic rings. The number of allylic oxidation sites excluding steroid dienone is 1. The van der Waals surface area contributed by atoms with Gasteiger partial charge in [0.15, 0.2) is 0 Å². The average Bonchev–Trinajstić information content (AvgIpc) is 3.38. The van der Waals surface area contributed by atoms with Crippen LogP contribution in [0.3, 0.4) is 0 Å². The predicted octanol–water partition coefficient (Wildman–Crippen LogP) is 11.0. The average molecular weight is 937 g/mol. The number of aldehydes is 1. The Morgan fingerprint density at radius 2 is 1.65 bits per heavy atom. The van der Waals surface area contributed by atoms with E-state index in [-0.39, 0.29) is 63.8 Å². The molecule has 0 bridgehead atoms. The zero-order valence-corrected chi connectivity index (χ0v) is 39.5. The summed E-state index contributed by atoms with van der Waals surface area (Å²) in [7, 11) is 0. The van der Waals surface area contributed by atoms with Crippen molar-refractivity contribution in [2.45, 2.75) is 82.8 Å². The third kappa shape index (κ3) is 11.3. The molecule has 1 saturated carbocycles. The molecule has 12 heteroatoms. The molecule has 2 N–H and O–H groups in total. The van der Waals surface area contributed by atoms with E-state index in [4.69, 9.17) is 33.7 Å². The first-order chi connectivity index (χ1) is 33.9. The minimum Gasteiger partial charge on any atom is -0.459 e. The van der Waals surface area contributed by atoms with E-state index >= 15 is 4.79 Å². The Labute approximate surface area is 405 Å². The fraction of sp³-hybridized carbons (Fsp3) is 0.386. The highest BCUT2D eigenvalue weighted by atomic mass is 16.7. The Morgan fingerprint density at radius 3 is 2.45 bits per heavy atom. The van der Waals surface area contributed by atoms with E-state index in [9.17, 15) is 15.0 Å². The molecule has 0 saturated heterocycles. The highest BCUT2D eigenvalue weighted by Gasteiger charge is 2.65. The molecule has 0 unspecified atom stereocenters. The maximum Gasteiger partial charge on any atom is 0.410 e. The van der Waals surface area contributed by atoms with Crippen LogP contribution in [0.5, 0.6) is 17.2 Å². The van der Waals surface area contributed by atoms with Crippen LogP contribution in [-0.2, 0) is 32.2 Å². The van der Waals surface area contributed by atoms with Gasteiger partial charge in [0.25, 0.3) is 0 Å². The number of hydrogen-bond donors (Lipinski definition) is 2. The van der Waals surface area contributed by atoms with Gasteiger partial charge in [-0.05, 0) is 102 Å². The summed E-state index contributed by atoms with van der Waals surface area (Å²) in [5.74, 6) is -0.629. The standard InChI is InChI=1S/C57H64N2O10/c1-3-30-66-57-53(59(37-44-22-15-21-42-19-8-9-24-47(42)44)56(63)65-32-31-64-39-40-16-6-5-7-17-40)36-51(58-67-4-2)49-34-43(20-10-12-28-60)48(25-11-13-29-61)54(55(49)57)50-35-46(26-27-52(50)69-57)68-45-23-14-18-41(33-45)38-62/h3,5-9,14-19,21-24,26-27,33-35,38,43,48,53-55,60-61H,1,4,10-13,20,25,28-32,36-37,39H2,2H3/t43-,48+,53-,54+,55+,57+/m0/s1. The van der Waals surface area contributed by atoms with Gasteiger partial charge in [0.05, 0.1) is 38.0 Å². The van der Waals surface area contributed by atoms with Crippen molar-refractivity contribution in [3.63, 3.8) is 0 Å². The van der Waals surface area contributed by atoms with Gasteiger partial charge in [0, 0.05) is 36.7 Å². The Morgan fingerprint density at radius 1 is 0.884 bits per heavy atom. The first-order valence-electron chi connectivity index (χ1n) is 24.4. The molecule has 12 nitrogen and oxygen atoms in total. The number of fused-ring (bicyclic) bond motifs is 3. The van der Waals surface area contributed by atoms with Gasteiger partial charge in [-0.3, -0.25) is 9.69 Å². The third-order valence-corrected chi connectivity index (χ3v) is 13.6. The quantitative estimate of drug-likeness (QED) is 0.0265. The molecule has 362 valence electrons. The molecule has 5 aromatic rings. The van der Waals surface area contributed by atoms with E-state index in [1.54, 1.807) is 29.2 Å². The van der Waals surface area contributed by atoms with Crippen LogP contribution in [0.1, 0.15) is 84.8 Å². The van der Waals surface area contributed by atoms with E-state index in [0.717, 1.165) is 65.0 Å². The normalized spacial score (nSPS) is 21.9. The van der Waals surface area contributed by atoms with Gasteiger partial charge in [-0.2, -0.15) is 0 Å². The Bertz CT molecular complexity index is 2570. The van der Waals surface area contributed by atoms with E-state index in [1.807, 2.05) is 85.8 Å². The lowest BCUT2D eigenvalue weighted by molar-refractivity contribution is -0.256. The maximum atomic E-state index is 15.2. The molecular formula is C57H64N2O10. The smallest absolute Gasteiger partial charge is 0.410 e. The first-order valence-corrected chi connectivity index (χ1v) is 24.4. The van der Waals surface area contributed by atoms with Crippen molar-refractivity contribution in [1.29, 1.82) is 0 Å². The SMILES string of the molecule is C=CCO[C@@]12Oc3ccc(Oc4cccc(C=O)c4)cc3[C@H]3[C@H](CCCCO)[C@@H](CCCCO)C=C(C(=NOCC)C[C@@H]1N(Cc1cccc4ccccc14)C(=O)OCCOCc1ccccc1)[C@H]32. The molecule has 1 heterocycles. The maximum absolute atomic E-state index is 15.2. The fourth-order valence-electron chi connectivity index (χ4n) is 10.6. The van der Waals surface area contributed by atoms with E-state index in [0.29, 0.717) is 54.6 Å². The highest BCUT2D eigenvalue weighted by Crippen LogP contribution is 2.62. The van der Waals surface area contributed by atoms with Crippen LogP contribution in [-0.4, -0.2) is 84.7 Å². The fourth-order valence-corrected chi connectivity index (χ4v) is 10.6. The number of benzene rings is 5. The van der Waals surface area contributed by atoms with Gasteiger partial charge < -0.3 is 38.7 Å². The van der Waals surface area contributed by atoms with Crippen molar-refractivity contribution in [1.82, 2.24) is 4.90 Å². The van der Waals surface area contributed by atoms with Gasteiger partial charge in [-0.15, -0.1) is 6.58 Å². The topological polar surface area (TPSA) is 146 Å². The molecule has 69 heavy (non-hydrogen) atoms. The summed E-state index contributed by atoms with van der Waals surface area (Å²) >= 11 is 0. The minimum absolute atomic E-state index is 0.000634. The summed E-state index contributed by atoms with van der Waals surface area (Å²) in [6, 6.07) is 36.1. The number of aliphatic hydroxyl groups is 2. The molecule has 0 spiro atoms. The van der Waals surface area contributed by atoms with Crippen molar-refractivity contribution < 1.29 is 48.3 Å². The molecule has 0 radical (unpaired) electrons. The monoisotopic (exact) mass is 936 g/mol. The summed E-state index contributed by atoms with van der Waals surface area (Å²) in [6.07, 6.45) is 8.89. The number of carbonyl (C=O) groups is 2. The van der Waals surface area contributed by atoms with Crippen molar-refractivity contribution >= 4 is 28.9 Å². The predicted molar refractivity (Wildman–Crippen MR) is 265 cm³/mol. The Hall–Kier alpha value is -6.31. The highest BCUT2D eigenvalue weighted by molar-refractivity contribution is 6.03. The molecule has 6 atom stereocenters. The van der Waals surface area contributed by atoms with E-state index in [1.165, 1.54) is 0 Å². The summed E-state index contributed by atoms with van der Waals surface area (Å²) in [6.45, 7) is 7.28. The van der Waals surface area contributed by atoms with Crippen LogP contribution in [0.15, 0.2) is 145 Å². The Balaban J connectivity index is 1.29. The molecule has 1 aliphatic heterocycles. The van der Waals surface area contributed by atoms with Gasteiger partial charge in [-0.25, -0.2) is 4.79 Å². The van der Waals surface area contributed by atoms with Crippen molar-refractivity contribution in [2.75, 3.05) is 39.6 Å². The van der Waals surface area contributed by atoms with Crippen LogP contribution in [0.4, 0.5) is 4.79 Å². The number of nitrogens with zero attached hydrogens (tertiary/aromatic N) is 2. The molecule has 0 aromatic heterocycles. The largest absolute Gasteiger partial charge is 0.459 e.